The number of hydrogen-bond acceptors (Lipinski definition) is 6. The van der Waals surface area contributed by atoms with Crippen LogP contribution in [-0.4, -0.2) is 51.1 Å². The molecular formula is C15H20N2O4-2. The van der Waals surface area contributed by atoms with Crippen molar-refractivity contribution in [1.29, 1.82) is 0 Å². The van der Waals surface area contributed by atoms with Gasteiger partial charge in [-0.3, -0.25) is 0 Å². The first-order valence-electron chi connectivity index (χ1n) is 6.34. The van der Waals surface area contributed by atoms with Crippen LogP contribution in [0.25, 0.3) is 0 Å². The number of anilines is 1. The molecule has 0 aliphatic carbocycles. The molecule has 0 atom stereocenters. The van der Waals surface area contributed by atoms with Crippen molar-refractivity contribution in [3.63, 3.8) is 0 Å². The molecule has 6 heteroatoms. The van der Waals surface area contributed by atoms with Gasteiger partial charge in [0.25, 0.3) is 0 Å². The third-order valence-electron chi connectivity index (χ3n) is 2.44. The maximum atomic E-state index is 9.41. The van der Waals surface area contributed by atoms with Crippen LogP contribution < -0.4 is 15.1 Å². The lowest BCUT2D eigenvalue weighted by molar-refractivity contribution is -0.301. The Kier molecular flexibility index (Phi) is 9.28. The van der Waals surface area contributed by atoms with Crippen molar-refractivity contribution in [1.82, 2.24) is 4.90 Å². The van der Waals surface area contributed by atoms with Crippen LogP contribution in [0.3, 0.4) is 0 Å². The zero-order valence-electron chi connectivity index (χ0n) is 12.5. The van der Waals surface area contributed by atoms with Gasteiger partial charge < -0.3 is 29.6 Å². The molecule has 0 aliphatic heterocycles. The average molecular weight is 292 g/mol. The monoisotopic (exact) mass is 292 g/mol. The summed E-state index contributed by atoms with van der Waals surface area (Å²) < 4.78 is 0. The number of carboxylic acids is 2. The SMILES string of the molecule is CN(C)CCN(C)c1ccccc1.O=C([O-])/C=C/C(=O)[O-]. The minimum atomic E-state index is -1.55. The highest BCUT2D eigenvalue weighted by Gasteiger charge is 1.98. The summed E-state index contributed by atoms with van der Waals surface area (Å²) in [7, 11) is 6.32. The Labute approximate surface area is 124 Å². The highest BCUT2D eigenvalue weighted by Crippen LogP contribution is 2.09. The number of benzene rings is 1. The van der Waals surface area contributed by atoms with Gasteiger partial charge >= 0.3 is 0 Å². The number of hydrogen-bond donors (Lipinski definition) is 0. The van der Waals surface area contributed by atoms with Crippen LogP contribution in [0.1, 0.15) is 0 Å². The van der Waals surface area contributed by atoms with Gasteiger partial charge in [-0.1, -0.05) is 18.2 Å². The number of rotatable bonds is 6. The molecule has 1 rings (SSSR count). The molecule has 1 aromatic rings. The fraction of sp³-hybridized carbons (Fsp3) is 0.333. The molecule has 0 saturated carbocycles. The molecule has 0 unspecified atom stereocenters. The lowest BCUT2D eigenvalue weighted by Gasteiger charge is -2.21. The summed E-state index contributed by atoms with van der Waals surface area (Å²) >= 11 is 0. The van der Waals surface area contributed by atoms with Gasteiger partial charge in [0.15, 0.2) is 0 Å². The molecule has 0 fully saturated rings. The van der Waals surface area contributed by atoms with E-state index in [1.54, 1.807) is 0 Å². The molecule has 6 nitrogen and oxygen atoms in total. The Morgan fingerprint density at radius 1 is 0.952 bits per heavy atom. The van der Waals surface area contributed by atoms with Gasteiger partial charge in [0, 0.05) is 25.8 Å². The van der Waals surface area contributed by atoms with E-state index in [9.17, 15) is 19.8 Å². The minimum Gasteiger partial charge on any atom is -0.545 e. The Morgan fingerprint density at radius 3 is 1.81 bits per heavy atom. The van der Waals surface area contributed by atoms with Crippen molar-refractivity contribution in [2.45, 2.75) is 0 Å². The number of carbonyl (C=O) groups is 2. The largest absolute Gasteiger partial charge is 0.545 e. The number of carboxylic acid groups (broad SMARTS) is 2. The number of aliphatic carboxylic acids is 2. The highest BCUT2D eigenvalue weighted by molar-refractivity contribution is 5.87. The minimum absolute atomic E-state index is 0.384. The Morgan fingerprint density at radius 2 is 1.43 bits per heavy atom. The standard InChI is InChI=1S/C11H18N2.C4H4O4/c1-12(2)9-10-13(3)11-7-5-4-6-8-11;5-3(6)1-2-4(7)8/h4-8H,9-10H2,1-3H3;1-2H,(H,5,6)(H,7,8)/p-2/b;2-1+. The van der Waals surface area contributed by atoms with Gasteiger partial charge in [-0.05, 0) is 38.4 Å². The van der Waals surface area contributed by atoms with Gasteiger partial charge in [-0.25, -0.2) is 0 Å². The first-order chi connectivity index (χ1) is 9.82. The van der Waals surface area contributed by atoms with Gasteiger partial charge in [0.05, 0.1) is 11.9 Å². The fourth-order valence-corrected chi connectivity index (χ4v) is 1.30. The van der Waals surface area contributed by atoms with Crippen molar-refractivity contribution in [3.8, 4) is 0 Å². The highest BCUT2D eigenvalue weighted by atomic mass is 16.4. The maximum Gasteiger partial charge on any atom is 0.0643 e. The van der Waals surface area contributed by atoms with Crippen molar-refractivity contribution < 1.29 is 19.8 Å². The van der Waals surface area contributed by atoms with E-state index < -0.39 is 11.9 Å². The van der Waals surface area contributed by atoms with E-state index in [0.29, 0.717) is 12.2 Å². The Balaban J connectivity index is 0.000000433. The topological polar surface area (TPSA) is 86.7 Å². The summed E-state index contributed by atoms with van der Waals surface area (Å²) in [6.07, 6.45) is 0.769. The molecule has 0 saturated heterocycles. The fourth-order valence-electron chi connectivity index (χ4n) is 1.30. The van der Waals surface area contributed by atoms with Crippen molar-refractivity contribution in [2.75, 3.05) is 39.1 Å². The predicted molar refractivity (Wildman–Crippen MR) is 77.4 cm³/mol. The summed E-state index contributed by atoms with van der Waals surface area (Å²) in [5.74, 6) is -3.09. The average Bonchev–Trinajstić information content (AvgIpc) is 2.44. The normalized spacial score (nSPS) is 10.1. The van der Waals surface area contributed by atoms with Crippen LogP contribution in [0.2, 0.25) is 0 Å². The maximum absolute atomic E-state index is 9.41. The zero-order chi connectivity index (χ0) is 16.3. The summed E-state index contributed by atoms with van der Waals surface area (Å²) in [6, 6.07) is 10.5. The molecule has 0 aliphatic rings. The Hall–Kier alpha value is -2.34. The predicted octanol–water partition coefficient (Wildman–Crippen LogP) is -1.27. The molecule has 21 heavy (non-hydrogen) atoms. The lowest BCUT2D eigenvalue weighted by Crippen LogP contribution is -2.28. The molecule has 116 valence electrons. The molecule has 1 aromatic carbocycles. The lowest BCUT2D eigenvalue weighted by atomic mass is 10.3. The quantitative estimate of drug-likeness (QED) is 0.607. The molecule has 0 spiro atoms. The van der Waals surface area contributed by atoms with E-state index in [1.807, 2.05) is 6.07 Å². The molecule has 0 bridgehead atoms. The van der Waals surface area contributed by atoms with Crippen molar-refractivity contribution in [3.05, 3.63) is 42.5 Å². The number of nitrogens with zero attached hydrogens (tertiary/aromatic N) is 2. The Bertz CT molecular complexity index is 442. The summed E-state index contributed by atoms with van der Waals surface area (Å²) in [5.41, 5.74) is 1.28. The first kappa shape index (κ1) is 18.7. The van der Waals surface area contributed by atoms with Gasteiger partial charge in [-0.2, -0.15) is 0 Å². The third-order valence-corrected chi connectivity index (χ3v) is 2.44. The van der Waals surface area contributed by atoms with Gasteiger partial charge in [0.1, 0.15) is 0 Å². The van der Waals surface area contributed by atoms with Gasteiger partial charge in [0.2, 0.25) is 0 Å². The molecule has 0 radical (unpaired) electrons. The van der Waals surface area contributed by atoms with Crippen LogP contribution >= 0.6 is 0 Å². The third kappa shape index (κ3) is 11.2. The van der Waals surface area contributed by atoms with E-state index in [1.165, 1.54) is 5.69 Å². The summed E-state index contributed by atoms with van der Waals surface area (Å²) in [5, 5.41) is 18.8. The molecular weight excluding hydrogens is 272 g/mol. The van der Waals surface area contributed by atoms with Crippen LogP contribution in [0.5, 0.6) is 0 Å². The number of para-hydroxylation sites is 1. The molecule has 0 heterocycles. The smallest absolute Gasteiger partial charge is 0.0643 e. The molecule has 0 N–H and O–H groups in total. The first-order valence-corrected chi connectivity index (χ1v) is 6.34. The van der Waals surface area contributed by atoms with Crippen molar-refractivity contribution >= 4 is 17.6 Å². The van der Waals surface area contributed by atoms with Crippen molar-refractivity contribution in [2.24, 2.45) is 0 Å². The van der Waals surface area contributed by atoms with Crippen LogP contribution in [0.15, 0.2) is 42.5 Å². The summed E-state index contributed by atoms with van der Waals surface area (Å²) in [4.78, 5) is 23.3. The molecule has 0 amide bonds. The number of carbonyl (C=O) groups excluding carboxylic acids is 2. The van der Waals surface area contributed by atoms with E-state index in [4.69, 9.17) is 0 Å². The van der Waals surface area contributed by atoms with Crippen LogP contribution in [0.4, 0.5) is 5.69 Å². The van der Waals surface area contributed by atoms with Crippen LogP contribution in [0, 0.1) is 0 Å². The second-order valence-electron chi connectivity index (χ2n) is 4.53. The number of likely N-dealkylation sites (N-methyl/N-ethyl adjacent to an activating group) is 2. The van der Waals surface area contributed by atoms with E-state index in [0.717, 1.165) is 13.1 Å². The van der Waals surface area contributed by atoms with Crippen LogP contribution in [-0.2, 0) is 9.59 Å². The van der Waals surface area contributed by atoms with Gasteiger partial charge in [-0.15, -0.1) is 0 Å². The molecule has 0 aromatic heterocycles. The van der Waals surface area contributed by atoms with E-state index >= 15 is 0 Å². The second kappa shape index (κ2) is 10.4. The van der Waals surface area contributed by atoms with E-state index in [-0.39, 0.29) is 0 Å². The zero-order valence-corrected chi connectivity index (χ0v) is 12.5. The second-order valence-corrected chi connectivity index (χ2v) is 4.53. The summed E-state index contributed by atoms with van der Waals surface area (Å²) in [6.45, 7) is 2.16. The van der Waals surface area contributed by atoms with E-state index in [2.05, 4.69) is 55.2 Å².